The predicted octanol–water partition coefficient (Wildman–Crippen LogP) is 0.379. The Morgan fingerprint density at radius 1 is 0.818 bits per heavy atom. The largest absolute Gasteiger partial charge is 0.463 e. The minimum Gasteiger partial charge on any atom is -0.463 e. The average Bonchev–Trinajstić information content (AvgIpc) is 3.20. The summed E-state index contributed by atoms with van der Waals surface area (Å²) in [5, 5.41) is 0. The number of esters is 2. The molecule has 8 nitrogen and oxygen atoms in total. The summed E-state index contributed by atoms with van der Waals surface area (Å²) in [5.41, 5.74) is 0. The molecule has 0 amide bonds. The summed E-state index contributed by atoms with van der Waals surface area (Å²) in [6.45, 7) is 1.84. The van der Waals surface area contributed by atoms with E-state index in [1.165, 1.54) is 0 Å². The molecular weight excluding hydrogens is 296 g/mol. The molecule has 2 aliphatic rings. The molecule has 0 aliphatic carbocycles. The molecule has 0 saturated carbocycles. The molecule has 2 heterocycles. The zero-order chi connectivity index (χ0) is 15.6. The van der Waals surface area contributed by atoms with Crippen LogP contribution in [0.15, 0.2) is 0 Å². The molecule has 2 atom stereocenters. The van der Waals surface area contributed by atoms with Gasteiger partial charge >= 0.3 is 11.9 Å². The van der Waals surface area contributed by atoms with Crippen molar-refractivity contribution in [3.05, 3.63) is 0 Å². The standard InChI is InChI=1S/C14H22O8/c15-13(19-7-11-5-17-9-21-11)3-1-2-4-14(16)20-8-12-6-18-10-22-12/h11-12H,1-10H2/t11-,12-/m0/s1. The molecule has 2 rings (SSSR count). The lowest BCUT2D eigenvalue weighted by Gasteiger charge is -2.09. The number of carbonyl (C=O) groups is 2. The van der Waals surface area contributed by atoms with Crippen molar-refractivity contribution in [3.63, 3.8) is 0 Å². The van der Waals surface area contributed by atoms with Crippen LogP contribution >= 0.6 is 0 Å². The number of rotatable bonds is 9. The van der Waals surface area contributed by atoms with Gasteiger partial charge in [-0.15, -0.1) is 0 Å². The molecule has 0 aromatic rings. The van der Waals surface area contributed by atoms with E-state index < -0.39 is 0 Å². The lowest BCUT2D eigenvalue weighted by molar-refractivity contribution is -0.148. The molecule has 0 N–H and O–H groups in total. The molecule has 0 unspecified atom stereocenters. The Labute approximate surface area is 128 Å². The van der Waals surface area contributed by atoms with Gasteiger partial charge < -0.3 is 28.4 Å². The van der Waals surface area contributed by atoms with Gasteiger partial charge in [-0.1, -0.05) is 0 Å². The summed E-state index contributed by atoms with van der Waals surface area (Å²) in [5.74, 6) is -0.583. The lowest BCUT2D eigenvalue weighted by Crippen LogP contribution is -2.21. The summed E-state index contributed by atoms with van der Waals surface area (Å²) in [4.78, 5) is 23.0. The second-order valence-electron chi connectivity index (χ2n) is 5.13. The highest BCUT2D eigenvalue weighted by molar-refractivity contribution is 5.70. The van der Waals surface area contributed by atoms with Crippen LogP contribution < -0.4 is 0 Å². The number of unbranched alkanes of at least 4 members (excludes halogenated alkanes) is 1. The SMILES string of the molecule is O=C(CCCCC(=O)OC[C@@H]1COCO1)OC[C@@H]1COCO1. The van der Waals surface area contributed by atoms with Crippen molar-refractivity contribution in [2.24, 2.45) is 0 Å². The normalized spacial score (nSPS) is 24.4. The Kier molecular flexibility index (Phi) is 7.58. The average molecular weight is 318 g/mol. The molecule has 0 aromatic heterocycles. The fraction of sp³-hybridized carbons (Fsp3) is 0.857. The molecule has 0 radical (unpaired) electrons. The molecule has 8 heteroatoms. The number of carbonyl (C=O) groups excluding carboxylic acids is 2. The maximum absolute atomic E-state index is 11.5. The minimum absolute atomic E-state index is 0.166. The van der Waals surface area contributed by atoms with E-state index in [4.69, 9.17) is 28.4 Å². The van der Waals surface area contributed by atoms with Gasteiger partial charge in [0.15, 0.2) is 0 Å². The van der Waals surface area contributed by atoms with Crippen LogP contribution in [0.5, 0.6) is 0 Å². The van der Waals surface area contributed by atoms with E-state index in [2.05, 4.69) is 0 Å². The molecule has 126 valence electrons. The van der Waals surface area contributed by atoms with E-state index in [0.29, 0.717) is 26.1 Å². The van der Waals surface area contributed by atoms with Gasteiger partial charge in [0.25, 0.3) is 0 Å². The van der Waals surface area contributed by atoms with Gasteiger partial charge in [-0.3, -0.25) is 9.59 Å². The lowest BCUT2D eigenvalue weighted by atomic mass is 10.2. The summed E-state index contributed by atoms with van der Waals surface area (Å²) in [7, 11) is 0. The van der Waals surface area contributed by atoms with Crippen LogP contribution in [0, 0.1) is 0 Å². The maximum atomic E-state index is 11.5. The summed E-state index contributed by atoms with van der Waals surface area (Å²) >= 11 is 0. The molecule has 2 saturated heterocycles. The van der Waals surface area contributed by atoms with Gasteiger partial charge in [-0.2, -0.15) is 0 Å². The van der Waals surface area contributed by atoms with Crippen molar-refractivity contribution in [2.75, 3.05) is 40.0 Å². The second kappa shape index (κ2) is 9.73. The third-order valence-corrected chi connectivity index (χ3v) is 3.25. The smallest absolute Gasteiger partial charge is 0.305 e. The van der Waals surface area contributed by atoms with Gasteiger partial charge in [-0.05, 0) is 12.8 Å². The van der Waals surface area contributed by atoms with Crippen LogP contribution in [0.1, 0.15) is 25.7 Å². The van der Waals surface area contributed by atoms with Crippen molar-refractivity contribution < 1.29 is 38.0 Å². The van der Waals surface area contributed by atoms with E-state index in [1.54, 1.807) is 0 Å². The first-order valence-electron chi connectivity index (χ1n) is 7.44. The predicted molar refractivity (Wildman–Crippen MR) is 71.8 cm³/mol. The first kappa shape index (κ1) is 17.1. The van der Waals surface area contributed by atoms with Gasteiger partial charge in [0, 0.05) is 12.8 Å². The third kappa shape index (κ3) is 6.69. The fourth-order valence-electron chi connectivity index (χ4n) is 1.99. The van der Waals surface area contributed by atoms with Gasteiger partial charge in [0.1, 0.15) is 39.0 Å². The Morgan fingerprint density at radius 2 is 1.27 bits per heavy atom. The van der Waals surface area contributed by atoms with Crippen LogP contribution in [0.3, 0.4) is 0 Å². The second-order valence-corrected chi connectivity index (χ2v) is 5.13. The molecular formula is C14H22O8. The van der Waals surface area contributed by atoms with Gasteiger partial charge in [0.05, 0.1) is 13.2 Å². The van der Waals surface area contributed by atoms with Crippen molar-refractivity contribution in [2.45, 2.75) is 37.9 Å². The van der Waals surface area contributed by atoms with Crippen LogP contribution in [0.25, 0.3) is 0 Å². The van der Waals surface area contributed by atoms with Crippen molar-refractivity contribution in [3.8, 4) is 0 Å². The van der Waals surface area contributed by atoms with E-state index in [0.717, 1.165) is 0 Å². The van der Waals surface area contributed by atoms with Crippen LogP contribution in [-0.4, -0.2) is 64.2 Å². The number of ether oxygens (including phenoxy) is 6. The Balaban J connectivity index is 1.42. The maximum Gasteiger partial charge on any atom is 0.305 e. The van der Waals surface area contributed by atoms with E-state index in [1.807, 2.05) is 0 Å². The fourth-order valence-corrected chi connectivity index (χ4v) is 1.99. The van der Waals surface area contributed by atoms with Gasteiger partial charge in [0.2, 0.25) is 0 Å². The summed E-state index contributed by atoms with van der Waals surface area (Å²) in [6.07, 6.45) is 1.39. The Morgan fingerprint density at radius 3 is 1.64 bits per heavy atom. The van der Waals surface area contributed by atoms with E-state index >= 15 is 0 Å². The molecule has 0 spiro atoms. The van der Waals surface area contributed by atoms with Crippen LogP contribution in [-0.2, 0) is 38.0 Å². The molecule has 0 aromatic carbocycles. The zero-order valence-electron chi connectivity index (χ0n) is 12.5. The quantitative estimate of drug-likeness (QED) is 0.445. The Hall–Kier alpha value is -1.22. The first-order valence-corrected chi connectivity index (χ1v) is 7.44. The van der Waals surface area contributed by atoms with Crippen LogP contribution in [0.2, 0.25) is 0 Å². The zero-order valence-corrected chi connectivity index (χ0v) is 12.5. The van der Waals surface area contributed by atoms with Crippen molar-refractivity contribution in [1.82, 2.24) is 0 Å². The van der Waals surface area contributed by atoms with E-state index in [-0.39, 0.29) is 63.8 Å². The Bertz CT molecular complexity index is 313. The molecule has 22 heavy (non-hydrogen) atoms. The third-order valence-electron chi connectivity index (χ3n) is 3.25. The molecule has 2 aliphatic heterocycles. The molecule has 0 bridgehead atoms. The highest BCUT2D eigenvalue weighted by Gasteiger charge is 2.19. The summed E-state index contributed by atoms with van der Waals surface area (Å²) in [6, 6.07) is 0. The van der Waals surface area contributed by atoms with Crippen LogP contribution in [0.4, 0.5) is 0 Å². The van der Waals surface area contributed by atoms with Crippen molar-refractivity contribution >= 4 is 11.9 Å². The first-order chi connectivity index (χ1) is 10.7. The minimum atomic E-state index is -0.291. The monoisotopic (exact) mass is 318 g/mol. The highest BCUT2D eigenvalue weighted by atomic mass is 16.7. The molecule has 2 fully saturated rings. The number of hydrogen-bond donors (Lipinski definition) is 0. The highest BCUT2D eigenvalue weighted by Crippen LogP contribution is 2.08. The van der Waals surface area contributed by atoms with Crippen molar-refractivity contribution in [1.29, 1.82) is 0 Å². The number of hydrogen-bond acceptors (Lipinski definition) is 8. The van der Waals surface area contributed by atoms with Gasteiger partial charge in [-0.25, -0.2) is 0 Å². The summed E-state index contributed by atoms with van der Waals surface area (Å²) < 4.78 is 30.4. The topological polar surface area (TPSA) is 89.5 Å². The van der Waals surface area contributed by atoms with E-state index in [9.17, 15) is 9.59 Å².